The number of rotatable bonds is 4. The first-order chi connectivity index (χ1) is 10.4. The van der Waals surface area contributed by atoms with Crippen molar-refractivity contribution in [3.8, 4) is 5.69 Å². The van der Waals surface area contributed by atoms with Crippen molar-refractivity contribution in [2.75, 3.05) is 0 Å². The van der Waals surface area contributed by atoms with Crippen LogP contribution in [-0.2, 0) is 12.5 Å². The van der Waals surface area contributed by atoms with E-state index in [1.54, 1.807) is 29.5 Å². The molecule has 0 spiro atoms. The topological polar surface area (TPSA) is 35.6 Å². The molecule has 23 heavy (non-hydrogen) atoms. The van der Waals surface area contributed by atoms with E-state index in [4.69, 9.17) is 0 Å². The average molecular weight is 343 g/mol. The summed E-state index contributed by atoms with van der Waals surface area (Å²) in [4.78, 5) is 8.15. The Labute approximate surface area is 137 Å². The van der Waals surface area contributed by atoms with Gasteiger partial charge in [-0.15, -0.1) is 12.4 Å². The van der Waals surface area contributed by atoms with Gasteiger partial charge in [-0.2, -0.15) is 0 Å². The predicted molar refractivity (Wildman–Crippen MR) is 81.7 cm³/mol. The summed E-state index contributed by atoms with van der Waals surface area (Å²) in [6, 6.07) is 3.61. The number of alkyl halides is 2. The molecule has 4 nitrogen and oxygen atoms in total. The Bertz CT molecular complexity index is 778. The van der Waals surface area contributed by atoms with Crippen LogP contribution in [0.3, 0.4) is 0 Å². The molecule has 2 heterocycles. The van der Waals surface area contributed by atoms with E-state index >= 15 is 0 Å². The molecule has 0 aliphatic heterocycles. The molecule has 122 valence electrons. The van der Waals surface area contributed by atoms with E-state index in [2.05, 4.69) is 9.97 Å². The van der Waals surface area contributed by atoms with Crippen LogP contribution in [0.4, 0.5) is 13.2 Å². The van der Waals surface area contributed by atoms with Crippen LogP contribution in [0.25, 0.3) is 5.69 Å². The molecule has 0 amide bonds. The highest BCUT2D eigenvalue weighted by Crippen LogP contribution is 2.30. The molecule has 3 rings (SSSR count). The third kappa shape index (κ3) is 3.73. The Balaban J connectivity index is 0.00000192. The molecule has 3 aromatic rings. The summed E-state index contributed by atoms with van der Waals surface area (Å²) < 4.78 is 43.7. The van der Waals surface area contributed by atoms with Gasteiger partial charge in [0.2, 0.25) is 0 Å². The van der Waals surface area contributed by atoms with Crippen LogP contribution < -0.4 is 0 Å². The second kappa shape index (κ2) is 6.45. The molecule has 0 radical (unpaired) electrons. The van der Waals surface area contributed by atoms with Crippen LogP contribution in [0.2, 0.25) is 0 Å². The summed E-state index contributed by atoms with van der Waals surface area (Å²) in [5.74, 6) is -4.16. The lowest BCUT2D eigenvalue weighted by Gasteiger charge is -2.13. The van der Waals surface area contributed by atoms with Gasteiger partial charge in [-0.25, -0.2) is 23.1 Å². The molecular formula is C15H14ClF3N4. The second-order valence-electron chi connectivity index (χ2n) is 5.06. The van der Waals surface area contributed by atoms with Crippen molar-refractivity contribution in [1.82, 2.24) is 19.1 Å². The van der Waals surface area contributed by atoms with Gasteiger partial charge >= 0.3 is 0 Å². The van der Waals surface area contributed by atoms with E-state index in [1.807, 2.05) is 4.57 Å². The monoisotopic (exact) mass is 342 g/mol. The minimum Gasteiger partial charge on any atom is -0.331 e. The molecule has 8 heteroatoms. The molecule has 0 atom stereocenters. The molecule has 0 N–H and O–H groups in total. The van der Waals surface area contributed by atoms with Gasteiger partial charge in [0, 0.05) is 31.2 Å². The molecule has 0 saturated carbocycles. The lowest BCUT2D eigenvalue weighted by molar-refractivity contribution is 0.0137. The van der Waals surface area contributed by atoms with Crippen molar-refractivity contribution in [3.05, 3.63) is 66.5 Å². The van der Waals surface area contributed by atoms with Crippen LogP contribution in [0.1, 0.15) is 18.2 Å². The van der Waals surface area contributed by atoms with Crippen LogP contribution in [0.5, 0.6) is 0 Å². The van der Waals surface area contributed by atoms with E-state index in [0.717, 1.165) is 17.8 Å². The Morgan fingerprint density at radius 3 is 2.65 bits per heavy atom. The number of hydrogen-bond acceptors (Lipinski definition) is 2. The summed E-state index contributed by atoms with van der Waals surface area (Å²) >= 11 is 0. The smallest absolute Gasteiger partial charge is 0.273 e. The number of benzene rings is 1. The van der Waals surface area contributed by atoms with E-state index < -0.39 is 17.3 Å². The van der Waals surface area contributed by atoms with Gasteiger partial charge in [0.15, 0.2) is 0 Å². The largest absolute Gasteiger partial charge is 0.331 e. The zero-order valence-electron chi connectivity index (χ0n) is 12.2. The van der Waals surface area contributed by atoms with E-state index in [0.29, 0.717) is 19.2 Å². The Hall–Kier alpha value is -2.28. The maximum Gasteiger partial charge on any atom is 0.273 e. The van der Waals surface area contributed by atoms with Crippen molar-refractivity contribution in [1.29, 1.82) is 0 Å². The van der Waals surface area contributed by atoms with Crippen molar-refractivity contribution in [3.63, 3.8) is 0 Å². The van der Waals surface area contributed by atoms with Gasteiger partial charge in [0.1, 0.15) is 5.82 Å². The molecule has 1 aromatic carbocycles. The number of nitrogens with zero attached hydrogens (tertiary/aromatic N) is 4. The van der Waals surface area contributed by atoms with Gasteiger partial charge in [-0.3, -0.25) is 0 Å². The van der Waals surface area contributed by atoms with Crippen molar-refractivity contribution in [2.45, 2.75) is 19.4 Å². The van der Waals surface area contributed by atoms with Crippen molar-refractivity contribution in [2.24, 2.45) is 0 Å². The Morgan fingerprint density at radius 2 is 2.00 bits per heavy atom. The highest BCUT2D eigenvalue weighted by molar-refractivity contribution is 5.85. The van der Waals surface area contributed by atoms with Crippen LogP contribution in [-0.4, -0.2) is 19.1 Å². The van der Waals surface area contributed by atoms with Gasteiger partial charge in [0.25, 0.3) is 5.92 Å². The summed E-state index contributed by atoms with van der Waals surface area (Å²) in [7, 11) is 0. The summed E-state index contributed by atoms with van der Waals surface area (Å²) in [5.41, 5.74) is 0.546. The summed E-state index contributed by atoms with van der Waals surface area (Å²) in [6.07, 6.45) is 8.34. The van der Waals surface area contributed by atoms with Gasteiger partial charge in [-0.05, 0) is 18.2 Å². The minimum absolute atomic E-state index is 0. The van der Waals surface area contributed by atoms with E-state index in [9.17, 15) is 13.2 Å². The highest BCUT2D eigenvalue weighted by atomic mass is 35.5. The molecule has 2 aromatic heterocycles. The fourth-order valence-electron chi connectivity index (χ4n) is 2.16. The van der Waals surface area contributed by atoms with E-state index in [1.165, 1.54) is 12.4 Å². The highest BCUT2D eigenvalue weighted by Gasteiger charge is 2.28. The van der Waals surface area contributed by atoms with E-state index in [-0.39, 0.29) is 12.4 Å². The second-order valence-corrected chi connectivity index (χ2v) is 5.06. The molecule has 0 fully saturated rings. The zero-order valence-corrected chi connectivity index (χ0v) is 13.0. The number of aromatic nitrogens is 4. The molecule has 0 bridgehead atoms. The zero-order chi connectivity index (χ0) is 15.7. The first-order valence-corrected chi connectivity index (χ1v) is 6.60. The van der Waals surface area contributed by atoms with Gasteiger partial charge in [0.05, 0.1) is 30.5 Å². The summed E-state index contributed by atoms with van der Waals surface area (Å²) in [6.45, 7) is 1.19. The molecule has 0 aliphatic rings. The van der Waals surface area contributed by atoms with Crippen molar-refractivity contribution < 1.29 is 13.2 Å². The normalized spacial score (nSPS) is 11.3. The van der Waals surface area contributed by atoms with Gasteiger partial charge < -0.3 is 9.13 Å². The third-order valence-electron chi connectivity index (χ3n) is 3.26. The first kappa shape index (κ1) is 17.1. The summed E-state index contributed by atoms with van der Waals surface area (Å²) in [5, 5.41) is 0. The molecule has 0 saturated heterocycles. The number of imidazole rings is 2. The number of hydrogen-bond donors (Lipinski definition) is 0. The maximum absolute atomic E-state index is 13.5. The lowest BCUT2D eigenvalue weighted by Crippen LogP contribution is -2.10. The SMILES string of the molecule is CC(F)(F)c1cc(-n2cnc(Cn3ccnc3)c2)ccc1F.Cl. The van der Waals surface area contributed by atoms with Gasteiger partial charge in [-0.1, -0.05) is 0 Å². The predicted octanol–water partition coefficient (Wildman–Crippen LogP) is 3.79. The van der Waals surface area contributed by atoms with Crippen molar-refractivity contribution >= 4 is 12.4 Å². The molecule has 0 unspecified atom stereocenters. The van der Waals surface area contributed by atoms with Crippen LogP contribution >= 0.6 is 12.4 Å². The van der Waals surface area contributed by atoms with Crippen LogP contribution in [0.15, 0.2) is 49.4 Å². The fourth-order valence-corrected chi connectivity index (χ4v) is 2.16. The lowest BCUT2D eigenvalue weighted by atomic mass is 10.1. The molecular weight excluding hydrogens is 329 g/mol. The Morgan fingerprint density at radius 1 is 1.22 bits per heavy atom. The number of halogens is 4. The fraction of sp³-hybridized carbons (Fsp3) is 0.200. The standard InChI is InChI=1S/C15H13F3N4.ClH/c1-15(17,18)13-6-12(2-3-14(13)16)22-8-11(20-10-22)7-21-5-4-19-9-21;/h2-6,8-10H,7H2,1H3;1H. The van der Waals surface area contributed by atoms with Crippen LogP contribution in [0, 0.1) is 5.82 Å². The first-order valence-electron chi connectivity index (χ1n) is 6.60. The Kier molecular flexibility index (Phi) is 4.79. The molecule has 0 aliphatic carbocycles. The maximum atomic E-state index is 13.5. The third-order valence-corrected chi connectivity index (χ3v) is 3.26. The quantitative estimate of drug-likeness (QED) is 0.723. The average Bonchev–Trinajstić information content (AvgIpc) is 3.10. The minimum atomic E-state index is -3.24.